The number of halogens is 4. The zero-order valence-corrected chi connectivity index (χ0v) is 40.3. The molecule has 0 atom stereocenters. The van der Waals surface area contributed by atoms with Crippen LogP contribution in [0.1, 0.15) is 22.3 Å². The summed E-state index contributed by atoms with van der Waals surface area (Å²) >= 11 is 13.6. The van der Waals surface area contributed by atoms with Crippen LogP contribution in [-0.4, -0.2) is 24.9 Å². The third kappa shape index (κ3) is 11.2. The first kappa shape index (κ1) is 43.1. The summed E-state index contributed by atoms with van der Waals surface area (Å²) in [6, 6.07) is 30.0. The maximum absolute atomic E-state index is 12.6. The fraction of sp³-hybridized carbons (Fsp3) is 0. The molecule has 0 saturated carbocycles. The molecule has 0 aliphatic carbocycles. The standard InChI is InChI=1S/C40H26Br4N4O4.2Zn/c41-29-3-9-37(49)25(13-29)19-45-33-7-1-23(17-35(33)47-21-27-15-31(43)5-11-39(27)51)24-2-8-34(46-20-26-14-30(42)4-10-38(26)50)36(18-24)48-22-28-16-32(44)6-12-40(28)52;;/h1-22,49-52H;;/q;2*+2/p-4. The topological polar surface area (TPSA) is 142 Å². The Balaban J connectivity index is 0.00000325. The van der Waals surface area contributed by atoms with Crippen LogP contribution in [0, 0.1) is 0 Å². The Labute approximate surface area is 370 Å². The molecule has 0 heterocycles. The molecule has 14 heteroatoms. The van der Waals surface area contributed by atoms with Crippen LogP contribution in [0.4, 0.5) is 22.7 Å². The molecule has 6 aromatic carbocycles. The Bertz CT molecular complexity index is 2270. The van der Waals surface area contributed by atoms with E-state index < -0.39 is 0 Å². The molecule has 0 unspecified atom stereocenters. The van der Waals surface area contributed by atoms with E-state index in [-0.39, 0.29) is 62.0 Å². The van der Waals surface area contributed by atoms with Gasteiger partial charge in [-0.05, 0) is 106 Å². The molecule has 0 aromatic heterocycles. The van der Waals surface area contributed by atoms with E-state index in [9.17, 15) is 20.4 Å². The van der Waals surface area contributed by atoms with E-state index in [0.29, 0.717) is 45.0 Å². The van der Waals surface area contributed by atoms with Crippen molar-refractivity contribution in [3.05, 3.63) is 149 Å². The number of rotatable bonds is 9. The van der Waals surface area contributed by atoms with Crippen molar-refractivity contribution in [1.29, 1.82) is 0 Å². The summed E-state index contributed by atoms with van der Waals surface area (Å²) < 4.78 is 2.93. The van der Waals surface area contributed by atoms with Gasteiger partial charge in [-0.1, -0.05) is 123 Å². The maximum Gasteiger partial charge on any atom is 2.00 e. The minimum absolute atomic E-state index is 0. The summed E-state index contributed by atoms with van der Waals surface area (Å²) in [6.45, 7) is 0. The Morgan fingerprint density at radius 3 is 0.870 bits per heavy atom. The molecule has 6 aromatic rings. The summed E-state index contributed by atoms with van der Waals surface area (Å²) in [6.07, 6.45) is 5.90. The molecule has 6 rings (SSSR count). The van der Waals surface area contributed by atoms with Crippen molar-refractivity contribution < 1.29 is 59.4 Å². The van der Waals surface area contributed by atoms with Crippen LogP contribution in [0.3, 0.4) is 0 Å². The van der Waals surface area contributed by atoms with E-state index in [1.807, 2.05) is 24.3 Å². The maximum atomic E-state index is 12.6. The Kier molecular flexibility index (Phi) is 15.8. The van der Waals surface area contributed by atoms with Crippen molar-refractivity contribution in [1.82, 2.24) is 0 Å². The fourth-order valence-corrected chi connectivity index (χ4v) is 6.38. The van der Waals surface area contributed by atoms with Gasteiger partial charge >= 0.3 is 39.0 Å². The largest absolute Gasteiger partial charge is 2.00 e. The molecule has 0 radical (unpaired) electrons. The Morgan fingerprint density at radius 1 is 0.333 bits per heavy atom. The van der Waals surface area contributed by atoms with Crippen molar-refractivity contribution in [3.8, 4) is 34.1 Å². The van der Waals surface area contributed by atoms with Crippen LogP contribution in [0.25, 0.3) is 11.1 Å². The first-order chi connectivity index (χ1) is 25.0. The predicted molar refractivity (Wildman–Crippen MR) is 215 cm³/mol. The van der Waals surface area contributed by atoms with Gasteiger partial charge in [0.2, 0.25) is 0 Å². The Morgan fingerprint density at radius 2 is 0.593 bits per heavy atom. The molecular formula is C40H22Br4N4O4Zn2. The quantitative estimate of drug-likeness (QED) is 0.105. The van der Waals surface area contributed by atoms with Crippen LogP contribution in [0.5, 0.6) is 23.0 Å². The SMILES string of the molecule is [O-]c1ccc(Br)cc1C=Nc1ccc(-c2ccc(N=Cc3cc(Br)ccc3[O-])c(N=Cc3cc(Br)ccc3[O-])c2)cc1N=Cc1cc(Br)ccc1[O-].[Zn+2].[Zn+2]. The van der Waals surface area contributed by atoms with Gasteiger partial charge in [0.05, 0.1) is 22.7 Å². The molecule has 0 aliphatic rings. The zero-order valence-electron chi connectivity index (χ0n) is 28.0. The van der Waals surface area contributed by atoms with Crippen molar-refractivity contribution in [2.24, 2.45) is 20.0 Å². The van der Waals surface area contributed by atoms with Crippen LogP contribution >= 0.6 is 63.7 Å². The van der Waals surface area contributed by atoms with Crippen molar-refractivity contribution in [2.45, 2.75) is 0 Å². The van der Waals surface area contributed by atoms with E-state index in [1.165, 1.54) is 49.1 Å². The average molecular weight is 1070 g/mol. The monoisotopic (exact) mass is 1070 g/mol. The van der Waals surface area contributed by atoms with Gasteiger partial charge < -0.3 is 20.4 Å². The van der Waals surface area contributed by atoms with E-state index >= 15 is 0 Å². The van der Waals surface area contributed by atoms with Gasteiger partial charge in [-0.3, -0.25) is 20.0 Å². The van der Waals surface area contributed by atoms with Crippen molar-refractivity contribution in [2.75, 3.05) is 0 Å². The van der Waals surface area contributed by atoms with Crippen LogP contribution < -0.4 is 20.4 Å². The summed E-state index contributed by atoms with van der Waals surface area (Å²) in [5.41, 5.74) is 4.79. The van der Waals surface area contributed by atoms with E-state index in [2.05, 4.69) is 83.7 Å². The minimum Gasteiger partial charge on any atom is -0.872 e. The second-order valence-electron chi connectivity index (χ2n) is 11.2. The molecule has 54 heavy (non-hydrogen) atoms. The van der Waals surface area contributed by atoms with Gasteiger partial charge in [-0.2, -0.15) is 0 Å². The molecule has 258 valence electrons. The summed E-state index contributed by atoms with van der Waals surface area (Å²) in [7, 11) is 0. The van der Waals surface area contributed by atoms with Gasteiger partial charge in [-0.25, -0.2) is 0 Å². The zero-order chi connectivity index (χ0) is 36.8. The van der Waals surface area contributed by atoms with E-state index in [1.54, 1.807) is 60.7 Å². The number of hydrogen-bond donors (Lipinski definition) is 0. The van der Waals surface area contributed by atoms with E-state index in [4.69, 9.17) is 0 Å². The van der Waals surface area contributed by atoms with Crippen LogP contribution in [0.15, 0.2) is 147 Å². The predicted octanol–water partition coefficient (Wildman–Crippen LogP) is 9.70. The van der Waals surface area contributed by atoms with Gasteiger partial charge in [0.15, 0.2) is 0 Å². The first-order valence-corrected chi connectivity index (χ1v) is 18.5. The molecule has 8 nitrogen and oxygen atoms in total. The molecule has 0 aliphatic heterocycles. The second-order valence-corrected chi connectivity index (χ2v) is 14.8. The Hall–Kier alpha value is -3.63. The summed E-state index contributed by atoms with van der Waals surface area (Å²) in [5, 5.41) is 50.0. The van der Waals surface area contributed by atoms with E-state index in [0.717, 1.165) is 29.0 Å². The molecule has 0 fully saturated rings. The number of nitrogens with zero attached hydrogens (tertiary/aromatic N) is 4. The molecule has 0 bridgehead atoms. The molecule has 0 amide bonds. The second kappa shape index (κ2) is 19.8. The summed E-state index contributed by atoms with van der Waals surface area (Å²) in [4.78, 5) is 18.5. The normalized spacial score (nSPS) is 11.4. The molecule has 0 spiro atoms. The minimum atomic E-state index is -0.199. The molecule has 0 saturated heterocycles. The molecule has 0 N–H and O–H groups in total. The molecular weight excluding hydrogens is 1050 g/mol. The van der Waals surface area contributed by atoms with Crippen LogP contribution in [-0.2, 0) is 39.0 Å². The van der Waals surface area contributed by atoms with Crippen molar-refractivity contribution in [3.63, 3.8) is 0 Å². The average Bonchev–Trinajstić information content (AvgIpc) is 3.13. The van der Waals surface area contributed by atoms with Gasteiger partial charge in [0.1, 0.15) is 0 Å². The number of aliphatic imine (C=N–C) groups is 4. The third-order valence-electron chi connectivity index (χ3n) is 7.54. The third-order valence-corrected chi connectivity index (χ3v) is 9.52. The number of hydrogen-bond acceptors (Lipinski definition) is 8. The van der Waals surface area contributed by atoms with Gasteiger partial charge in [0, 0.05) is 42.7 Å². The summed E-state index contributed by atoms with van der Waals surface area (Å²) in [5.74, 6) is -0.771. The van der Waals surface area contributed by atoms with Crippen molar-refractivity contribution >= 4 is 111 Å². The first-order valence-electron chi connectivity index (χ1n) is 15.3. The van der Waals surface area contributed by atoms with Gasteiger partial charge in [0.25, 0.3) is 0 Å². The van der Waals surface area contributed by atoms with Gasteiger partial charge in [-0.15, -0.1) is 0 Å². The number of benzene rings is 6. The van der Waals surface area contributed by atoms with Crippen LogP contribution in [0.2, 0.25) is 0 Å². The fourth-order valence-electron chi connectivity index (χ4n) is 4.87. The smallest absolute Gasteiger partial charge is 0.872 e.